The van der Waals surface area contributed by atoms with Gasteiger partial charge in [-0.05, 0) is 41.3 Å². The Balaban J connectivity index is 0.000000289. The largest absolute Gasteiger partial charge is 0.493 e. The van der Waals surface area contributed by atoms with Gasteiger partial charge in [0.15, 0.2) is 28.6 Å². The molecular weight excluding hydrogens is 526 g/mol. The lowest BCUT2D eigenvalue weighted by Gasteiger charge is -2.45. The van der Waals surface area contributed by atoms with E-state index in [1.165, 1.54) is 22.3 Å². The van der Waals surface area contributed by atoms with Gasteiger partial charge in [-0.3, -0.25) is 14.5 Å². The third-order valence-electron chi connectivity index (χ3n) is 7.32. The highest BCUT2D eigenvalue weighted by Gasteiger charge is 2.41. The van der Waals surface area contributed by atoms with Crippen LogP contribution in [0, 0.1) is 0 Å². The Bertz CT molecular complexity index is 1260. The first-order valence-electron chi connectivity index (χ1n) is 12.5. The monoisotopic (exact) mass is 561 g/mol. The third kappa shape index (κ3) is 6.07. The van der Waals surface area contributed by atoms with Crippen molar-refractivity contribution in [2.75, 3.05) is 35.0 Å². The zero-order valence-corrected chi connectivity index (χ0v) is 23.1. The number of carboxylic acids is 3. The molecule has 0 saturated carbocycles. The zero-order valence-electron chi connectivity index (χ0n) is 23.1. The van der Waals surface area contributed by atoms with Crippen LogP contribution in [-0.4, -0.2) is 83.8 Å². The van der Waals surface area contributed by atoms with Crippen molar-refractivity contribution in [1.82, 2.24) is 4.90 Å². The Kier molecular flexibility index (Phi) is 9.48. The summed E-state index contributed by atoms with van der Waals surface area (Å²) < 4.78 is 22.3. The lowest BCUT2D eigenvalue weighted by molar-refractivity contribution is -0.170. The molecular formula is C28H35NO11. The Hall–Kier alpha value is -4.03. The van der Waals surface area contributed by atoms with Gasteiger partial charge in [-0.2, -0.15) is 0 Å². The molecule has 12 nitrogen and oxygen atoms in total. The molecule has 0 amide bonds. The predicted molar refractivity (Wildman–Crippen MR) is 141 cm³/mol. The van der Waals surface area contributed by atoms with Crippen molar-refractivity contribution in [1.29, 1.82) is 0 Å². The van der Waals surface area contributed by atoms with Crippen molar-refractivity contribution in [2.24, 2.45) is 0 Å². The predicted octanol–water partition coefficient (Wildman–Crippen LogP) is 2.69. The maximum atomic E-state index is 10.3. The number of methoxy groups -OCH3 is 4. The number of nitrogens with zero attached hydrogens (tertiary/aromatic N) is 1. The van der Waals surface area contributed by atoms with Crippen molar-refractivity contribution in [3.05, 3.63) is 46.5 Å². The number of hydrogen-bond donors (Lipinski definition) is 4. The van der Waals surface area contributed by atoms with Crippen LogP contribution in [0.15, 0.2) is 24.3 Å². The summed E-state index contributed by atoms with van der Waals surface area (Å²) in [5.41, 5.74) is 2.52. The normalized spacial score (nSPS) is 17.6. The molecule has 2 aliphatic heterocycles. The Labute approximate surface area is 231 Å². The Morgan fingerprint density at radius 3 is 1.95 bits per heavy atom. The number of rotatable bonds is 9. The highest BCUT2D eigenvalue weighted by Crippen LogP contribution is 2.50. The maximum Gasteiger partial charge on any atom is 0.336 e. The Morgan fingerprint density at radius 1 is 0.875 bits per heavy atom. The first-order chi connectivity index (χ1) is 18.9. The molecule has 40 heavy (non-hydrogen) atoms. The molecule has 0 bridgehead atoms. The van der Waals surface area contributed by atoms with E-state index in [0.29, 0.717) is 12.0 Å². The van der Waals surface area contributed by atoms with Gasteiger partial charge in [-0.1, -0.05) is 13.0 Å². The fourth-order valence-electron chi connectivity index (χ4n) is 5.47. The average molecular weight is 562 g/mol. The minimum atomic E-state index is -2.74. The Morgan fingerprint density at radius 2 is 1.45 bits per heavy atom. The second kappa shape index (κ2) is 12.4. The lowest BCUT2D eigenvalue weighted by Crippen LogP contribution is -2.42. The van der Waals surface area contributed by atoms with E-state index in [1.807, 2.05) is 6.07 Å². The molecule has 0 aliphatic carbocycles. The molecule has 12 heteroatoms. The molecule has 0 fully saturated rings. The van der Waals surface area contributed by atoms with Gasteiger partial charge in [-0.15, -0.1) is 0 Å². The number of ether oxygens (including phenoxy) is 4. The van der Waals surface area contributed by atoms with Gasteiger partial charge in [0, 0.05) is 30.6 Å². The van der Waals surface area contributed by atoms with Crippen molar-refractivity contribution in [3.8, 4) is 23.0 Å². The number of benzene rings is 2. The number of fused-ring (bicyclic) bond motifs is 4. The van der Waals surface area contributed by atoms with Crippen LogP contribution in [0.4, 0.5) is 0 Å². The van der Waals surface area contributed by atoms with Crippen molar-refractivity contribution in [2.45, 2.75) is 50.3 Å². The summed E-state index contributed by atoms with van der Waals surface area (Å²) in [6, 6.07) is 8.82. The van der Waals surface area contributed by atoms with Gasteiger partial charge in [0.05, 0.1) is 41.3 Å². The van der Waals surface area contributed by atoms with E-state index in [1.54, 1.807) is 28.4 Å². The van der Waals surface area contributed by atoms with E-state index in [-0.39, 0.29) is 0 Å². The van der Waals surface area contributed by atoms with E-state index in [4.69, 9.17) is 39.4 Å². The minimum Gasteiger partial charge on any atom is -0.493 e. The van der Waals surface area contributed by atoms with E-state index in [0.717, 1.165) is 42.5 Å². The summed E-state index contributed by atoms with van der Waals surface area (Å²) in [5.74, 6) is -1.42. The van der Waals surface area contributed by atoms with Gasteiger partial charge in [0.1, 0.15) is 0 Å². The van der Waals surface area contributed by atoms with Crippen LogP contribution in [0.3, 0.4) is 0 Å². The number of carbonyl (C=O) groups is 3. The van der Waals surface area contributed by atoms with Gasteiger partial charge in [0.25, 0.3) is 0 Å². The average Bonchev–Trinajstić information content (AvgIpc) is 2.90. The molecule has 0 spiro atoms. The topological polar surface area (TPSA) is 172 Å². The second-order valence-corrected chi connectivity index (χ2v) is 9.71. The van der Waals surface area contributed by atoms with Gasteiger partial charge >= 0.3 is 17.9 Å². The van der Waals surface area contributed by atoms with Crippen molar-refractivity contribution >= 4 is 17.9 Å². The van der Waals surface area contributed by atoms with Crippen LogP contribution < -0.4 is 18.9 Å². The molecule has 2 atom stereocenters. The van der Waals surface area contributed by atoms with Crippen LogP contribution in [-0.2, 0) is 27.3 Å². The maximum absolute atomic E-state index is 10.3. The highest BCUT2D eigenvalue weighted by atomic mass is 16.5. The second-order valence-electron chi connectivity index (χ2n) is 9.71. The molecule has 2 aromatic rings. The first kappa shape index (κ1) is 30.5. The number of aliphatic carboxylic acids is 3. The van der Waals surface area contributed by atoms with E-state index in [9.17, 15) is 14.4 Å². The van der Waals surface area contributed by atoms with Gasteiger partial charge in [0.2, 0.25) is 0 Å². The molecule has 4 rings (SSSR count). The number of carboxylic acid groups (broad SMARTS) is 3. The highest BCUT2D eigenvalue weighted by molar-refractivity contribution is 5.88. The molecule has 0 radical (unpaired) electrons. The van der Waals surface area contributed by atoms with Gasteiger partial charge < -0.3 is 39.4 Å². The molecule has 2 aliphatic rings. The van der Waals surface area contributed by atoms with E-state index < -0.39 is 36.4 Å². The molecule has 2 aromatic carbocycles. The smallest absolute Gasteiger partial charge is 0.336 e. The van der Waals surface area contributed by atoms with Gasteiger partial charge in [-0.25, -0.2) is 4.79 Å². The summed E-state index contributed by atoms with van der Waals surface area (Å²) in [4.78, 5) is 33.0. The zero-order chi connectivity index (χ0) is 29.8. The van der Waals surface area contributed by atoms with Crippen molar-refractivity contribution < 1.29 is 53.8 Å². The van der Waals surface area contributed by atoms with Crippen LogP contribution in [0.2, 0.25) is 0 Å². The fraction of sp³-hybridized carbons (Fsp3) is 0.464. The minimum absolute atomic E-state index is 0.319. The summed E-state index contributed by atoms with van der Waals surface area (Å²) >= 11 is 0. The SMILES string of the molecule is COc1cc2c(cc1OC)C1C(C)c3ccc(OC)c(OC)c3CN1CC2.O=C(O)CC(O)(CC(=O)O)C(=O)O. The molecule has 2 unspecified atom stereocenters. The van der Waals surface area contributed by atoms with E-state index >= 15 is 0 Å². The quantitative estimate of drug-likeness (QED) is 0.353. The van der Waals surface area contributed by atoms with Crippen molar-refractivity contribution in [3.63, 3.8) is 0 Å². The summed E-state index contributed by atoms with van der Waals surface area (Å²) in [7, 11) is 6.80. The lowest BCUT2D eigenvalue weighted by atomic mass is 9.77. The standard InChI is InChI=1S/C22H27NO4.C6H8O7/c1-13-15-6-7-18(24-2)22(27-5)17(15)12-23-9-8-14-10-19(25-3)20(26-4)11-16(14)21(13)23;7-3(8)1-6(13,5(11)12)2-4(9)10/h6-7,10-11,13,21H,8-9,12H2,1-5H3;13H,1-2H2,(H,7,8)(H,9,10)(H,11,12). The summed E-state index contributed by atoms with van der Waals surface area (Å²) in [5, 5.41) is 33.8. The third-order valence-corrected chi connectivity index (χ3v) is 7.32. The molecule has 0 saturated heterocycles. The first-order valence-corrected chi connectivity index (χ1v) is 12.5. The molecule has 4 N–H and O–H groups in total. The molecule has 218 valence electrons. The van der Waals surface area contributed by atoms with Crippen LogP contribution in [0.25, 0.3) is 0 Å². The number of aliphatic hydroxyl groups is 1. The summed E-state index contributed by atoms with van der Waals surface area (Å²) in [6.45, 7) is 4.17. The van der Waals surface area contributed by atoms with Crippen LogP contribution >= 0.6 is 0 Å². The summed E-state index contributed by atoms with van der Waals surface area (Å²) in [6.07, 6.45) is -1.29. The number of hydrogen-bond acceptors (Lipinski definition) is 9. The molecule has 2 heterocycles. The fourth-order valence-corrected chi connectivity index (χ4v) is 5.47. The van der Waals surface area contributed by atoms with E-state index in [2.05, 4.69) is 30.0 Å². The van der Waals surface area contributed by atoms with Crippen LogP contribution in [0.1, 0.15) is 54.0 Å². The van der Waals surface area contributed by atoms with Crippen LogP contribution in [0.5, 0.6) is 23.0 Å². The molecule has 0 aromatic heterocycles.